The first-order valence-electron chi connectivity index (χ1n) is 9.96. The summed E-state index contributed by atoms with van der Waals surface area (Å²) in [5.74, 6) is -2.64. The Kier molecular flexibility index (Phi) is 4.72. The third-order valence-electron chi connectivity index (χ3n) is 6.27. The molecule has 0 bridgehead atoms. The number of carbonyl (C=O) groups excluding carboxylic acids is 5. The highest BCUT2D eigenvalue weighted by Gasteiger charge is 2.49. The van der Waals surface area contributed by atoms with Gasteiger partial charge in [-0.1, -0.05) is 19.8 Å². The maximum atomic E-state index is 12.8. The molecule has 4 rings (SSSR count). The number of anilines is 1. The van der Waals surface area contributed by atoms with Crippen LogP contribution < -0.4 is 5.32 Å². The Balaban J connectivity index is 1.53. The van der Waals surface area contributed by atoms with Crippen molar-refractivity contribution in [3.05, 3.63) is 29.3 Å². The van der Waals surface area contributed by atoms with Crippen LogP contribution in [0.2, 0.25) is 0 Å². The highest BCUT2D eigenvalue weighted by molar-refractivity contribution is 6.45. The Hall–Kier alpha value is -3.03. The summed E-state index contributed by atoms with van der Waals surface area (Å²) >= 11 is 0. The molecule has 2 aliphatic heterocycles. The zero-order valence-electron chi connectivity index (χ0n) is 16.4. The van der Waals surface area contributed by atoms with Gasteiger partial charge in [0.15, 0.2) is 5.78 Å². The van der Waals surface area contributed by atoms with Crippen molar-refractivity contribution < 1.29 is 24.0 Å². The van der Waals surface area contributed by atoms with Crippen LogP contribution in [0.25, 0.3) is 0 Å². The molecule has 0 unspecified atom stereocenters. The van der Waals surface area contributed by atoms with Gasteiger partial charge in [-0.15, -0.1) is 0 Å². The molecule has 5 amide bonds. The fourth-order valence-electron chi connectivity index (χ4n) is 4.46. The van der Waals surface area contributed by atoms with Crippen molar-refractivity contribution in [2.45, 2.75) is 51.5 Å². The largest absolute Gasteiger partial charge is 0.334 e. The molecule has 2 fully saturated rings. The van der Waals surface area contributed by atoms with Crippen LogP contribution in [0.15, 0.2) is 18.2 Å². The number of ketones is 1. The van der Waals surface area contributed by atoms with Crippen LogP contribution in [-0.2, 0) is 14.4 Å². The second kappa shape index (κ2) is 7.09. The smallest absolute Gasteiger partial charge is 0.325 e. The van der Waals surface area contributed by atoms with Crippen molar-refractivity contribution in [3.63, 3.8) is 0 Å². The molecule has 0 spiro atoms. The van der Waals surface area contributed by atoms with E-state index in [-0.39, 0.29) is 23.8 Å². The van der Waals surface area contributed by atoms with E-state index in [0.29, 0.717) is 23.2 Å². The van der Waals surface area contributed by atoms with Gasteiger partial charge in [0.25, 0.3) is 0 Å². The lowest BCUT2D eigenvalue weighted by Gasteiger charge is -2.34. The molecule has 1 saturated heterocycles. The van der Waals surface area contributed by atoms with Gasteiger partial charge < -0.3 is 5.32 Å². The van der Waals surface area contributed by atoms with Crippen LogP contribution in [0.5, 0.6) is 0 Å². The lowest BCUT2D eigenvalue weighted by molar-refractivity contribution is -0.144. The molecule has 1 N–H and O–H groups in total. The Labute approximate surface area is 168 Å². The minimum absolute atomic E-state index is 0.128. The van der Waals surface area contributed by atoms with Gasteiger partial charge in [-0.2, -0.15) is 0 Å². The first-order valence-corrected chi connectivity index (χ1v) is 9.96. The van der Waals surface area contributed by atoms with E-state index in [1.807, 2.05) is 6.92 Å². The SMILES string of the molecule is C[C@@H]1C(=O)Nc2ccc(C(=O)CN3C(=O)C(=O)N([C@H]4CCCC[C@H]4C)C3=O)cc21. The molecule has 1 aromatic carbocycles. The van der Waals surface area contributed by atoms with E-state index in [4.69, 9.17) is 0 Å². The lowest BCUT2D eigenvalue weighted by Crippen LogP contribution is -2.46. The van der Waals surface area contributed by atoms with Crippen molar-refractivity contribution in [2.75, 3.05) is 11.9 Å². The van der Waals surface area contributed by atoms with Crippen LogP contribution in [0.1, 0.15) is 61.4 Å². The van der Waals surface area contributed by atoms with Gasteiger partial charge in [-0.25, -0.2) is 9.69 Å². The van der Waals surface area contributed by atoms with Crippen molar-refractivity contribution in [1.29, 1.82) is 0 Å². The fourth-order valence-corrected chi connectivity index (χ4v) is 4.46. The summed E-state index contributed by atoms with van der Waals surface area (Å²) in [7, 11) is 0. The number of hydrogen-bond donors (Lipinski definition) is 1. The number of urea groups is 1. The van der Waals surface area contributed by atoms with Crippen molar-refractivity contribution in [1.82, 2.24) is 9.80 Å². The molecule has 2 heterocycles. The average molecular weight is 397 g/mol. The summed E-state index contributed by atoms with van der Waals surface area (Å²) < 4.78 is 0. The van der Waals surface area contributed by atoms with Crippen LogP contribution in [0, 0.1) is 5.92 Å². The highest BCUT2D eigenvalue weighted by atomic mass is 16.2. The third-order valence-corrected chi connectivity index (χ3v) is 6.27. The molecular formula is C21H23N3O5. The number of amides is 5. The fraction of sp³-hybridized carbons (Fsp3) is 0.476. The Morgan fingerprint density at radius 1 is 1.07 bits per heavy atom. The quantitative estimate of drug-likeness (QED) is 0.477. The number of fused-ring (bicyclic) bond motifs is 1. The summed E-state index contributed by atoms with van der Waals surface area (Å²) in [6.07, 6.45) is 3.52. The van der Waals surface area contributed by atoms with E-state index in [0.717, 1.165) is 29.1 Å². The molecule has 1 aromatic rings. The Morgan fingerprint density at radius 3 is 2.52 bits per heavy atom. The third kappa shape index (κ3) is 3.12. The van der Waals surface area contributed by atoms with Crippen LogP contribution in [0.4, 0.5) is 10.5 Å². The van der Waals surface area contributed by atoms with Gasteiger partial charge in [0.1, 0.15) is 0 Å². The summed E-state index contributed by atoms with van der Waals surface area (Å²) in [6.45, 7) is 3.23. The van der Waals surface area contributed by atoms with E-state index >= 15 is 0 Å². The highest BCUT2D eigenvalue weighted by Crippen LogP contribution is 2.33. The van der Waals surface area contributed by atoms with Gasteiger partial charge >= 0.3 is 17.8 Å². The predicted octanol–water partition coefficient (Wildman–Crippen LogP) is 2.29. The van der Waals surface area contributed by atoms with E-state index in [1.165, 1.54) is 0 Å². The van der Waals surface area contributed by atoms with Crippen LogP contribution in [-0.4, -0.2) is 51.9 Å². The second-order valence-corrected chi connectivity index (χ2v) is 8.11. The molecule has 8 heteroatoms. The average Bonchev–Trinajstić information content (AvgIpc) is 3.10. The molecule has 29 heavy (non-hydrogen) atoms. The first-order chi connectivity index (χ1) is 13.8. The van der Waals surface area contributed by atoms with Gasteiger partial charge in [0.05, 0.1) is 12.5 Å². The molecule has 0 radical (unpaired) electrons. The van der Waals surface area contributed by atoms with Gasteiger partial charge in [-0.05, 0) is 49.4 Å². The maximum absolute atomic E-state index is 12.8. The molecule has 3 aliphatic rings. The lowest BCUT2D eigenvalue weighted by atomic mass is 9.85. The summed E-state index contributed by atoms with van der Waals surface area (Å²) in [5, 5.41) is 2.73. The van der Waals surface area contributed by atoms with Gasteiger partial charge in [0.2, 0.25) is 5.91 Å². The molecule has 1 aliphatic carbocycles. The monoisotopic (exact) mass is 397 g/mol. The molecule has 0 aromatic heterocycles. The predicted molar refractivity (Wildman–Crippen MR) is 103 cm³/mol. The minimum Gasteiger partial charge on any atom is -0.325 e. The van der Waals surface area contributed by atoms with E-state index < -0.39 is 30.2 Å². The Bertz CT molecular complexity index is 940. The summed E-state index contributed by atoms with van der Waals surface area (Å²) in [4.78, 5) is 64.1. The van der Waals surface area contributed by atoms with E-state index in [9.17, 15) is 24.0 Å². The normalized spacial score (nSPS) is 26.8. The maximum Gasteiger partial charge on any atom is 0.334 e. The molecule has 1 saturated carbocycles. The number of nitrogens with zero attached hydrogens (tertiary/aromatic N) is 2. The molecular weight excluding hydrogens is 374 g/mol. The molecule has 3 atom stereocenters. The zero-order chi connectivity index (χ0) is 20.9. The van der Waals surface area contributed by atoms with E-state index in [1.54, 1.807) is 25.1 Å². The van der Waals surface area contributed by atoms with E-state index in [2.05, 4.69) is 5.32 Å². The van der Waals surface area contributed by atoms with Crippen molar-refractivity contribution in [2.24, 2.45) is 5.92 Å². The molecule has 152 valence electrons. The summed E-state index contributed by atoms with van der Waals surface area (Å²) in [5.41, 5.74) is 1.65. The number of carbonyl (C=O) groups is 5. The number of imide groups is 2. The summed E-state index contributed by atoms with van der Waals surface area (Å²) in [6, 6.07) is 3.78. The van der Waals surface area contributed by atoms with Crippen molar-refractivity contribution >= 4 is 35.2 Å². The second-order valence-electron chi connectivity index (χ2n) is 8.11. The van der Waals surface area contributed by atoms with Gasteiger partial charge in [0, 0.05) is 17.3 Å². The number of nitrogens with one attached hydrogen (secondary N) is 1. The number of benzene rings is 1. The van der Waals surface area contributed by atoms with Crippen LogP contribution >= 0.6 is 0 Å². The zero-order valence-corrected chi connectivity index (χ0v) is 16.4. The van der Waals surface area contributed by atoms with Crippen molar-refractivity contribution in [3.8, 4) is 0 Å². The first kappa shape index (κ1) is 19.3. The standard InChI is InChI=1S/C21H23N3O5/c1-11-5-3-4-6-16(11)24-20(28)19(27)23(21(24)29)10-17(25)13-7-8-15-14(9-13)12(2)18(26)22-15/h7-9,11-12,16H,3-6,10H2,1-2H3,(H,22,26)/t11-,12+,16+/m1/s1. The number of rotatable bonds is 4. The van der Waals surface area contributed by atoms with Crippen LogP contribution in [0.3, 0.4) is 0 Å². The Morgan fingerprint density at radius 2 is 1.79 bits per heavy atom. The molecule has 8 nitrogen and oxygen atoms in total. The minimum atomic E-state index is -0.951. The van der Waals surface area contributed by atoms with Gasteiger partial charge in [-0.3, -0.25) is 24.1 Å². The topological polar surface area (TPSA) is 104 Å². The number of hydrogen-bond acceptors (Lipinski definition) is 5. The number of Topliss-reactive ketones (excluding diaryl/α,β-unsaturated/α-hetero) is 1.